The molecule has 0 unspecified atom stereocenters. The summed E-state index contributed by atoms with van der Waals surface area (Å²) in [6, 6.07) is 0. The van der Waals surface area contributed by atoms with E-state index in [2.05, 4.69) is 34.6 Å². The molecule has 1 aromatic heterocycles. The maximum absolute atomic E-state index is 5.56. The first kappa shape index (κ1) is 15.0. The lowest BCUT2D eigenvalue weighted by Gasteiger charge is -2.41. The van der Waals surface area contributed by atoms with Crippen LogP contribution in [0, 0.1) is 12.3 Å². The lowest BCUT2D eigenvalue weighted by atomic mass is 9.67. The Morgan fingerprint density at radius 2 is 1.90 bits per heavy atom. The Labute approximate surface area is 121 Å². The Kier molecular flexibility index (Phi) is 4.81. The minimum absolute atomic E-state index is 0.471. The number of hydrogen-bond acceptors (Lipinski definition) is 5. The fourth-order valence-corrected chi connectivity index (χ4v) is 2.81. The van der Waals surface area contributed by atoms with Crippen molar-refractivity contribution in [2.75, 3.05) is 17.3 Å². The van der Waals surface area contributed by atoms with Gasteiger partial charge in [0.1, 0.15) is 17.5 Å². The van der Waals surface area contributed by atoms with Crippen molar-refractivity contribution in [2.45, 2.75) is 59.3 Å². The van der Waals surface area contributed by atoms with Gasteiger partial charge >= 0.3 is 0 Å². The second kappa shape index (κ2) is 6.39. The molecule has 0 amide bonds. The maximum Gasteiger partial charge on any atom is 0.148 e. The highest BCUT2D eigenvalue weighted by atomic mass is 15.3. The molecule has 4 N–H and O–H groups in total. The third kappa shape index (κ3) is 3.03. The molecule has 0 aliphatic heterocycles. The van der Waals surface area contributed by atoms with Crippen LogP contribution in [-0.2, 0) is 6.42 Å². The van der Waals surface area contributed by atoms with Crippen molar-refractivity contribution >= 4 is 11.6 Å². The van der Waals surface area contributed by atoms with Crippen molar-refractivity contribution in [3.63, 3.8) is 0 Å². The van der Waals surface area contributed by atoms with Crippen LogP contribution in [0.3, 0.4) is 0 Å². The molecule has 20 heavy (non-hydrogen) atoms. The number of aromatic nitrogens is 2. The van der Waals surface area contributed by atoms with E-state index in [0.29, 0.717) is 5.41 Å². The van der Waals surface area contributed by atoms with Crippen molar-refractivity contribution in [1.82, 2.24) is 9.97 Å². The van der Waals surface area contributed by atoms with Crippen LogP contribution in [0.4, 0.5) is 11.6 Å². The van der Waals surface area contributed by atoms with Crippen molar-refractivity contribution in [3.8, 4) is 0 Å². The van der Waals surface area contributed by atoms with Gasteiger partial charge in [0.05, 0.1) is 0 Å². The Hall–Kier alpha value is -1.36. The second-order valence-electron chi connectivity index (χ2n) is 5.92. The summed E-state index contributed by atoms with van der Waals surface area (Å²) in [7, 11) is 0. The molecule has 0 atom stereocenters. The molecule has 0 radical (unpaired) electrons. The minimum atomic E-state index is 0.471. The molecule has 1 aliphatic rings. The maximum atomic E-state index is 5.56. The first-order valence-corrected chi connectivity index (χ1v) is 7.72. The average Bonchev–Trinajstić information content (AvgIpc) is 2.41. The van der Waals surface area contributed by atoms with Gasteiger partial charge in [0.15, 0.2) is 0 Å². The summed E-state index contributed by atoms with van der Waals surface area (Å²) in [5, 5.41) is 3.53. The molecule has 0 spiro atoms. The molecule has 1 aromatic rings. The molecule has 1 aliphatic carbocycles. The molecule has 5 nitrogen and oxygen atoms in total. The van der Waals surface area contributed by atoms with Gasteiger partial charge in [-0.2, -0.15) is 0 Å². The molecule has 0 saturated heterocycles. The van der Waals surface area contributed by atoms with Gasteiger partial charge in [0, 0.05) is 18.5 Å². The van der Waals surface area contributed by atoms with Gasteiger partial charge in [-0.15, -0.1) is 0 Å². The number of aryl methyl sites for hydroxylation is 1. The molecule has 0 aromatic carbocycles. The molecule has 1 fully saturated rings. The van der Waals surface area contributed by atoms with E-state index in [0.717, 1.165) is 42.4 Å². The van der Waals surface area contributed by atoms with Gasteiger partial charge in [-0.25, -0.2) is 15.8 Å². The van der Waals surface area contributed by atoms with Crippen LogP contribution in [0.15, 0.2) is 0 Å². The van der Waals surface area contributed by atoms with E-state index in [1.165, 1.54) is 25.7 Å². The van der Waals surface area contributed by atoms with Crippen LogP contribution in [0.5, 0.6) is 0 Å². The Balaban J connectivity index is 2.14. The SMILES string of the molecule is CCCc1nc(NN)c(C)c(NCC2(CC)CCC2)n1. The molecular weight excluding hydrogens is 250 g/mol. The summed E-state index contributed by atoms with van der Waals surface area (Å²) in [6.07, 6.45) is 7.14. The van der Waals surface area contributed by atoms with E-state index in [1.54, 1.807) is 0 Å². The molecular formula is C15H27N5. The standard InChI is InChI=1S/C15H27N5/c1-4-7-12-18-13(11(3)14(19-12)20-16)17-10-15(5-2)8-6-9-15/h4-10,16H2,1-3H3,(H2,17,18,19,20). The number of nitrogens with zero attached hydrogens (tertiary/aromatic N) is 2. The molecule has 2 rings (SSSR count). The van der Waals surface area contributed by atoms with Gasteiger partial charge in [-0.05, 0) is 38.0 Å². The lowest BCUT2D eigenvalue weighted by Crippen LogP contribution is -2.36. The zero-order chi connectivity index (χ0) is 14.6. The third-order valence-corrected chi connectivity index (χ3v) is 4.60. The Bertz CT molecular complexity index is 448. The fraction of sp³-hybridized carbons (Fsp3) is 0.733. The van der Waals surface area contributed by atoms with E-state index in [9.17, 15) is 0 Å². The van der Waals surface area contributed by atoms with Crippen LogP contribution < -0.4 is 16.6 Å². The normalized spacial score (nSPS) is 16.6. The topological polar surface area (TPSA) is 75.9 Å². The number of rotatable bonds is 7. The number of anilines is 2. The quantitative estimate of drug-likeness (QED) is 0.527. The van der Waals surface area contributed by atoms with Gasteiger partial charge in [0.25, 0.3) is 0 Å². The highest BCUT2D eigenvalue weighted by molar-refractivity contribution is 5.56. The number of hydrazine groups is 1. The van der Waals surface area contributed by atoms with E-state index < -0.39 is 0 Å². The predicted octanol–water partition coefficient (Wildman–Crippen LogP) is 3.02. The van der Waals surface area contributed by atoms with Crippen molar-refractivity contribution in [2.24, 2.45) is 11.3 Å². The van der Waals surface area contributed by atoms with Crippen LogP contribution in [0.1, 0.15) is 57.3 Å². The van der Waals surface area contributed by atoms with Crippen molar-refractivity contribution in [1.29, 1.82) is 0 Å². The average molecular weight is 277 g/mol. The summed E-state index contributed by atoms with van der Waals surface area (Å²) >= 11 is 0. The highest BCUT2D eigenvalue weighted by Crippen LogP contribution is 2.43. The third-order valence-electron chi connectivity index (χ3n) is 4.60. The first-order chi connectivity index (χ1) is 9.64. The van der Waals surface area contributed by atoms with Crippen LogP contribution in [0.2, 0.25) is 0 Å². The predicted molar refractivity (Wildman–Crippen MR) is 83.6 cm³/mol. The van der Waals surface area contributed by atoms with Gasteiger partial charge in [-0.3, -0.25) is 0 Å². The smallest absolute Gasteiger partial charge is 0.148 e. The number of hydrogen-bond donors (Lipinski definition) is 3. The van der Waals surface area contributed by atoms with Gasteiger partial charge in [0.2, 0.25) is 0 Å². The number of nitrogen functional groups attached to an aromatic ring is 1. The molecule has 112 valence electrons. The molecule has 0 bridgehead atoms. The summed E-state index contributed by atoms with van der Waals surface area (Å²) in [5.41, 5.74) is 4.15. The minimum Gasteiger partial charge on any atom is -0.369 e. The summed E-state index contributed by atoms with van der Waals surface area (Å²) in [6.45, 7) is 7.42. The Morgan fingerprint density at radius 1 is 1.20 bits per heavy atom. The molecule has 1 saturated carbocycles. The monoisotopic (exact) mass is 277 g/mol. The molecule has 5 heteroatoms. The van der Waals surface area contributed by atoms with Crippen LogP contribution >= 0.6 is 0 Å². The van der Waals surface area contributed by atoms with E-state index in [4.69, 9.17) is 5.84 Å². The Morgan fingerprint density at radius 3 is 2.40 bits per heavy atom. The zero-order valence-electron chi connectivity index (χ0n) is 12.9. The van der Waals surface area contributed by atoms with Crippen molar-refractivity contribution in [3.05, 3.63) is 11.4 Å². The first-order valence-electron chi connectivity index (χ1n) is 7.72. The van der Waals surface area contributed by atoms with Gasteiger partial charge in [-0.1, -0.05) is 20.3 Å². The summed E-state index contributed by atoms with van der Waals surface area (Å²) < 4.78 is 0. The second-order valence-corrected chi connectivity index (χ2v) is 5.92. The van der Waals surface area contributed by atoms with Crippen LogP contribution in [0.25, 0.3) is 0 Å². The number of nitrogens with two attached hydrogens (primary N) is 1. The summed E-state index contributed by atoms with van der Waals surface area (Å²) in [4.78, 5) is 9.10. The largest absolute Gasteiger partial charge is 0.369 e. The van der Waals surface area contributed by atoms with Crippen LogP contribution in [-0.4, -0.2) is 16.5 Å². The van der Waals surface area contributed by atoms with E-state index in [-0.39, 0.29) is 0 Å². The lowest BCUT2D eigenvalue weighted by molar-refractivity contribution is 0.145. The summed E-state index contributed by atoms with van der Waals surface area (Å²) in [5.74, 6) is 8.07. The fourth-order valence-electron chi connectivity index (χ4n) is 2.81. The highest BCUT2D eigenvalue weighted by Gasteiger charge is 2.34. The van der Waals surface area contributed by atoms with E-state index in [1.807, 2.05) is 6.92 Å². The number of nitrogens with one attached hydrogen (secondary N) is 2. The zero-order valence-corrected chi connectivity index (χ0v) is 12.9. The van der Waals surface area contributed by atoms with Crippen molar-refractivity contribution < 1.29 is 0 Å². The van der Waals surface area contributed by atoms with Gasteiger partial charge < -0.3 is 10.7 Å². The van der Waals surface area contributed by atoms with E-state index >= 15 is 0 Å². The molecule has 1 heterocycles.